The van der Waals surface area contributed by atoms with Crippen LogP contribution in [0.4, 0.5) is 5.69 Å². The molecule has 0 saturated heterocycles. The summed E-state index contributed by atoms with van der Waals surface area (Å²) < 4.78 is 0.966. The Labute approximate surface area is 118 Å². The van der Waals surface area contributed by atoms with Gasteiger partial charge in [0.1, 0.15) is 0 Å². The second kappa shape index (κ2) is 5.32. The number of aryl methyl sites for hydroxylation is 1. The zero-order valence-electron chi connectivity index (χ0n) is 10.1. The molecular weight excluding hydrogens is 310 g/mol. The van der Waals surface area contributed by atoms with Crippen molar-refractivity contribution in [1.82, 2.24) is 0 Å². The monoisotopic (exact) mass is 321 g/mol. The predicted octanol–water partition coefficient (Wildman–Crippen LogP) is 3.42. The van der Waals surface area contributed by atoms with Gasteiger partial charge in [0.25, 0.3) is 5.91 Å². The number of hydrogen-bond donors (Lipinski definition) is 3. The molecule has 4 nitrogen and oxygen atoms in total. The van der Waals surface area contributed by atoms with Gasteiger partial charge in [0.15, 0.2) is 11.5 Å². The van der Waals surface area contributed by atoms with Gasteiger partial charge in [-0.1, -0.05) is 15.9 Å². The molecular formula is C14H12BrNO3. The molecule has 0 radical (unpaired) electrons. The van der Waals surface area contributed by atoms with Gasteiger partial charge in [-0.3, -0.25) is 4.79 Å². The summed E-state index contributed by atoms with van der Waals surface area (Å²) in [6, 6.07) is 9.39. The van der Waals surface area contributed by atoms with Crippen molar-refractivity contribution in [3.63, 3.8) is 0 Å². The molecule has 0 spiro atoms. The minimum atomic E-state index is -0.350. The zero-order chi connectivity index (χ0) is 14.0. The van der Waals surface area contributed by atoms with Gasteiger partial charge in [-0.15, -0.1) is 0 Å². The molecule has 0 fully saturated rings. The summed E-state index contributed by atoms with van der Waals surface area (Å²) in [4.78, 5) is 12.0. The largest absolute Gasteiger partial charge is 0.504 e. The number of nitrogens with one attached hydrogen (secondary N) is 1. The van der Waals surface area contributed by atoms with E-state index in [0.29, 0.717) is 5.69 Å². The molecule has 5 heteroatoms. The van der Waals surface area contributed by atoms with Crippen LogP contribution in [0.15, 0.2) is 40.9 Å². The molecule has 0 atom stereocenters. The molecule has 98 valence electrons. The Balaban J connectivity index is 2.20. The van der Waals surface area contributed by atoms with Crippen molar-refractivity contribution in [2.45, 2.75) is 6.92 Å². The molecule has 19 heavy (non-hydrogen) atoms. The highest BCUT2D eigenvalue weighted by Crippen LogP contribution is 2.26. The maximum atomic E-state index is 12.0. The number of carbonyl (C=O) groups excluding carboxylic acids is 1. The normalized spacial score (nSPS) is 10.2. The molecule has 2 aromatic rings. The summed E-state index contributed by atoms with van der Waals surface area (Å²) in [5.74, 6) is -0.923. The minimum absolute atomic E-state index is 0.254. The van der Waals surface area contributed by atoms with E-state index in [1.807, 2.05) is 19.1 Å². The van der Waals surface area contributed by atoms with Gasteiger partial charge in [0.05, 0.1) is 0 Å². The van der Waals surface area contributed by atoms with Gasteiger partial charge in [-0.25, -0.2) is 0 Å². The van der Waals surface area contributed by atoms with Crippen LogP contribution in [0.2, 0.25) is 0 Å². The Morgan fingerprint density at radius 1 is 1.11 bits per heavy atom. The van der Waals surface area contributed by atoms with Gasteiger partial charge < -0.3 is 15.5 Å². The van der Waals surface area contributed by atoms with Crippen LogP contribution in [-0.4, -0.2) is 16.1 Å². The number of halogens is 1. The van der Waals surface area contributed by atoms with Crippen LogP contribution in [0.5, 0.6) is 11.5 Å². The Morgan fingerprint density at radius 3 is 2.47 bits per heavy atom. The van der Waals surface area contributed by atoms with Crippen LogP contribution in [-0.2, 0) is 0 Å². The van der Waals surface area contributed by atoms with Crippen LogP contribution in [0.25, 0.3) is 0 Å². The van der Waals surface area contributed by atoms with E-state index in [-0.39, 0.29) is 23.0 Å². The summed E-state index contributed by atoms with van der Waals surface area (Å²) in [5, 5.41) is 21.3. The number of anilines is 1. The van der Waals surface area contributed by atoms with Crippen LogP contribution in [0, 0.1) is 6.92 Å². The first-order valence-corrected chi connectivity index (χ1v) is 6.36. The number of carbonyl (C=O) groups is 1. The fraction of sp³-hybridized carbons (Fsp3) is 0.0714. The molecule has 0 aliphatic heterocycles. The summed E-state index contributed by atoms with van der Waals surface area (Å²) >= 11 is 3.38. The van der Waals surface area contributed by atoms with E-state index in [1.54, 1.807) is 6.07 Å². The lowest BCUT2D eigenvalue weighted by Crippen LogP contribution is -2.11. The zero-order valence-corrected chi connectivity index (χ0v) is 11.7. The van der Waals surface area contributed by atoms with Gasteiger partial charge >= 0.3 is 0 Å². The summed E-state index contributed by atoms with van der Waals surface area (Å²) in [6.45, 7) is 1.92. The molecule has 2 aromatic carbocycles. The summed E-state index contributed by atoms with van der Waals surface area (Å²) in [7, 11) is 0. The average Bonchev–Trinajstić information content (AvgIpc) is 2.37. The van der Waals surface area contributed by atoms with E-state index in [0.717, 1.165) is 10.0 Å². The quantitative estimate of drug-likeness (QED) is 0.742. The molecule has 0 bridgehead atoms. The second-order valence-corrected chi connectivity index (χ2v) is 4.98. The lowest BCUT2D eigenvalue weighted by molar-refractivity contribution is 0.102. The van der Waals surface area contributed by atoms with E-state index in [9.17, 15) is 15.0 Å². The maximum absolute atomic E-state index is 12.0. The second-order valence-electron chi connectivity index (χ2n) is 4.12. The summed E-state index contributed by atoms with van der Waals surface area (Å²) in [5.41, 5.74) is 1.94. The van der Waals surface area contributed by atoms with E-state index in [2.05, 4.69) is 21.2 Å². The first-order chi connectivity index (χ1) is 8.97. The first kappa shape index (κ1) is 13.4. The third kappa shape index (κ3) is 3.06. The summed E-state index contributed by atoms with van der Waals surface area (Å²) in [6.07, 6.45) is 0. The third-order valence-corrected chi connectivity index (χ3v) is 3.54. The number of rotatable bonds is 2. The number of phenols is 2. The first-order valence-electron chi connectivity index (χ1n) is 5.57. The lowest BCUT2D eigenvalue weighted by atomic mass is 10.1. The van der Waals surface area contributed by atoms with Crippen molar-refractivity contribution in [1.29, 1.82) is 0 Å². The van der Waals surface area contributed by atoms with Crippen molar-refractivity contribution in [2.24, 2.45) is 0 Å². The lowest BCUT2D eigenvalue weighted by Gasteiger charge is -2.08. The van der Waals surface area contributed by atoms with Crippen molar-refractivity contribution in [3.8, 4) is 11.5 Å². The van der Waals surface area contributed by atoms with Crippen LogP contribution >= 0.6 is 15.9 Å². The molecule has 0 heterocycles. The standard InChI is InChI=1S/C14H12BrNO3/c1-8-6-10(3-4-11(8)15)16-14(19)9-2-5-12(17)13(18)7-9/h2-7,17-18H,1H3,(H,16,19). The fourth-order valence-electron chi connectivity index (χ4n) is 1.59. The van der Waals surface area contributed by atoms with Crippen LogP contribution < -0.4 is 5.32 Å². The molecule has 2 rings (SSSR count). The Hall–Kier alpha value is -2.01. The Kier molecular flexibility index (Phi) is 3.76. The van der Waals surface area contributed by atoms with E-state index in [4.69, 9.17) is 0 Å². The van der Waals surface area contributed by atoms with Crippen molar-refractivity contribution < 1.29 is 15.0 Å². The SMILES string of the molecule is Cc1cc(NC(=O)c2ccc(O)c(O)c2)ccc1Br. The number of benzene rings is 2. The van der Waals surface area contributed by atoms with E-state index < -0.39 is 0 Å². The average molecular weight is 322 g/mol. The molecule has 0 aromatic heterocycles. The third-order valence-electron chi connectivity index (χ3n) is 2.65. The topological polar surface area (TPSA) is 69.6 Å². The van der Waals surface area contributed by atoms with Gasteiger partial charge in [0, 0.05) is 15.7 Å². The predicted molar refractivity (Wildman–Crippen MR) is 76.6 cm³/mol. The van der Waals surface area contributed by atoms with Gasteiger partial charge in [-0.05, 0) is 48.9 Å². The number of aromatic hydroxyl groups is 2. The van der Waals surface area contributed by atoms with E-state index >= 15 is 0 Å². The fourth-order valence-corrected chi connectivity index (χ4v) is 1.84. The van der Waals surface area contributed by atoms with Crippen LogP contribution in [0.1, 0.15) is 15.9 Å². The Morgan fingerprint density at radius 2 is 1.84 bits per heavy atom. The van der Waals surface area contributed by atoms with E-state index in [1.165, 1.54) is 18.2 Å². The maximum Gasteiger partial charge on any atom is 0.255 e. The van der Waals surface area contributed by atoms with Crippen molar-refractivity contribution in [2.75, 3.05) is 5.32 Å². The smallest absolute Gasteiger partial charge is 0.255 e. The van der Waals surface area contributed by atoms with Gasteiger partial charge in [0.2, 0.25) is 0 Å². The van der Waals surface area contributed by atoms with Crippen LogP contribution in [0.3, 0.4) is 0 Å². The molecule has 1 amide bonds. The van der Waals surface area contributed by atoms with Gasteiger partial charge in [-0.2, -0.15) is 0 Å². The highest BCUT2D eigenvalue weighted by Gasteiger charge is 2.09. The highest BCUT2D eigenvalue weighted by atomic mass is 79.9. The van der Waals surface area contributed by atoms with Crippen molar-refractivity contribution >= 4 is 27.5 Å². The Bertz CT molecular complexity index is 641. The number of phenolic OH excluding ortho intramolecular Hbond substituents is 2. The molecule has 0 unspecified atom stereocenters. The number of amides is 1. The molecule has 0 aliphatic carbocycles. The molecule has 3 N–H and O–H groups in total. The molecule has 0 aliphatic rings. The highest BCUT2D eigenvalue weighted by molar-refractivity contribution is 9.10. The number of hydrogen-bond acceptors (Lipinski definition) is 3. The molecule has 0 saturated carbocycles. The minimum Gasteiger partial charge on any atom is -0.504 e. The van der Waals surface area contributed by atoms with Crippen molar-refractivity contribution in [3.05, 3.63) is 52.0 Å².